The highest BCUT2D eigenvalue weighted by atomic mass is 32.1. The lowest BCUT2D eigenvalue weighted by Gasteiger charge is -2.11. The van der Waals surface area contributed by atoms with E-state index in [2.05, 4.69) is 15.8 Å². The number of hydrazone groups is 1. The maximum Gasteiger partial charge on any atom is 0.281 e. The van der Waals surface area contributed by atoms with Gasteiger partial charge < -0.3 is 14.8 Å². The number of nitrogens with one attached hydrogen (secondary N) is 2. The summed E-state index contributed by atoms with van der Waals surface area (Å²) in [5, 5.41) is 8.39. The Bertz CT molecular complexity index is 744. The number of methoxy groups -OCH3 is 1. The molecule has 2 rings (SSSR count). The molecular formula is C17H19N3O4S. The number of amides is 2. The fourth-order valence-corrected chi connectivity index (χ4v) is 2.52. The summed E-state index contributed by atoms with van der Waals surface area (Å²) in [6.07, 6.45) is 1.50. The molecule has 0 unspecified atom stereocenters. The molecule has 0 saturated heterocycles. The Hall–Kier alpha value is -2.87. The van der Waals surface area contributed by atoms with Crippen molar-refractivity contribution in [1.29, 1.82) is 0 Å². The molecule has 2 amide bonds. The van der Waals surface area contributed by atoms with Crippen LogP contribution in [0.15, 0.2) is 40.8 Å². The van der Waals surface area contributed by atoms with Crippen LogP contribution in [0.3, 0.4) is 0 Å². The second-order valence-corrected chi connectivity index (χ2v) is 5.78. The molecule has 1 aromatic carbocycles. The van der Waals surface area contributed by atoms with E-state index in [0.717, 1.165) is 0 Å². The molecule has 0 atom stereocenters. The van der Waals surface area contributed by atoms with Crippen molar-refractivity contribution in [3.8, 4) is 11.5 Å². The normalized spacial score (nSPS) is 10.5. The molecule has 0 spiro atoms. The lowest BCUT2D eigenvalue weighted by molar-refractivity contribution is -0.123. The number of hydrogen-bond donors (Lipinski definition) is 2. The Morgan fingerprint density at radius 2 is 2.12 bits per heavy atom. The van der Waals surface area contributed by atoms with Gasteiger partial charge in [-0.2, -0.15) is 5.10 Å². The molecule has 2 aromatic rings. The highest BCUT2D eigenvalue weighted by Crippen LogP contribution is 2.27. The lowest BCUT2D eigenvalue weighted by Crippen LogP contribution is -2.28. The summed E-state index contributed by atoms with van der Waals surface area (Å²) < 4.78 is 10.7. The van der Waals surface area contributed by atoms with Gasteiger partial charge in [0.15, 0.2) is 18.1 Å². The second kappa shape index (κ2) is 9.43. The van der Waals surface area contributed by atoms with Crippen molar-refractivity contribution in [3.05, 3.63) is 46.2 Å². The Morgan fingerprint density at radius 3 is 2.80 bits per heavy atom. The number of carbonyl (C=O) groups excluding carboxylic acids is 2. The molecule has 0 saturated carbocycles. The van der Waals surface area contributed by atoms with Crippen molar-refractivity contribution in [2.75, 3.05) is 20.3 Å². The molecule has 7 nitrogen and oxygen atoms in total. The van der Waals surface area contributed by atoms with E-state index >= 15 is 0 Å². The third-order valence-electron chi connectivity index (χ3n) is 3.05. The molecule has 25 heavy (non-hydrogen) atoms. The SMILES string of the molecule is CCNC(=O)COc1ccc(/C=N/NC(=O)c2cccs2)cc1OC. The first-order chi connectivity index (χ1) is 12.1. The van der Waals surface area contributed by atoms with Crippen LogP contribution in [0.25, 0.3) is 0 Å². The summed E-state index contributed by atoms with van der Waals surface area (Å²) in [5.74, 6) is 0.456. The molecule has 1 heterocycles. The molecule has 0 radical (unpaired) electrons. The minimum Gasteiger partial charge on any atom is -0.493 e. The number of hydrogen-bond acceptors (Lipinski definition) is 6. The van der Waals surface area contributed by atoms with Crippen molar-refractivity contribution in [2.45, 2.75) is 6.92 Å². The molecular weight excluding hydrogens is 342 g/mol. The standard InChI is InChI=1S/C17H19N3O4S/c1-3-18-16(21)11-24-13-7-6-12(9-14(13)23-2)10-19-20-17(22)15-5-4-8-25-15/h4-10H,3,11H2,1-2H3,(H,18,21)(H,20,22)/b19-10+. The van der Waals surface area contributed by atoms with Crippen LogP contribution in [0.4, 0.5) is 0 Å². The number of carbonyl (C=O) groups is 2. The summed E-state index contributed by atoms with van der Waals surface area (Å²) in [6, 6.07) is 8.65. The number of rotatable bonds is 8. The van der Waals surface area contributed by atoms with Crippen molar-refractivity contribution in [1.82, 2.24) is 10.7 Å². The van der Waals surface area contributed by atoms with Gasteiger partial charge >= 0.3 is 0 Å². The highest BCUT2D eigenvalue weighted by molar-refractivity contribution is 7.12. The zero-order chi connectivity index (χ0) is 18.1. The first-order valence-corrected chi connectivity index (χ1v) is 8.46. The Labute approximate surface area is 149 Å². The predicted octanol–water partition coefficient (Wildman–Crippen LogP) is 2.04. The maximum absolute atomic E-state index is 11.8. The van der Waals surface area contributed by atoms with E-state index in [1.54, 1.807) is 30.3 Å². The van der Waals surface area contributed by atoms with Crippen LogP contribution < -0.4 is 20.2 Å². The van der Waals surface area contributed by atoms with Gasteiger partial charge in [-0.3, -0.25) is 9.59 Å². The van der Waals surface area contributed by atoms with Crippen molar-refractivity contribution in [3.63, 3.8) is 0 Å². The van der Waals surface area contributed by atoms with Crippen molar-refractivity contribution >= 4 is 29.4 Å². The van der Waals surface area contributed by atoms with Crippen LogP contribution in [0.1, 0.15) is 22.2 Å². The number of ether oxygens (including phenoxy) is 2. The third-order valence-corrected chi connectivity index (χ3v) is 3.91. The van der Waals surface area contributed by atoms with Crippen molar-refractivity contribution < 1.29 is 19.1 Å². The smallest absolute Gasteiger partial charge is 0.281 e. The minimum absolute atomic E-state index is 0.0888. The van der Waals surface area contributed by atoms with Crippen LogP contribution >= 0.6 is 11.3 Å². The summed E-state index contributed by atoms with van der Waals surface area (Å²) >= 11 is 1.34. The predicted molar refractivity (Wildman–Crippen MR) is 96.6 cm³/mol. The quantitative estimate of drug-likeness (QED) is 0.556. The average Bonchev–Trinajstić information content (AvgIpc) is 3.15. The monoisotopic (exact) mass is 361 g/mol. The van der Waals surface area contributed by atoms with Crippen LogP contribution in [-0.2, 0) is 4.79 Å². The largest absolute Gasteiger partial charge is 0.493 e. The first kappa shape index (κ1) is 18.5. The number of benzene rings is 1. The summed E-state index contributed by atoms with van der Waals surface area (Å²) in [6.45, 7) is 2.30. The summed E-state index contributed by atoms with van der Waals surface area (Å²) in [4.78, 5) is 23.8. The van der Waals surface area contributed by atoms with Crippen LogP contribution in [0, 0.1) is 0 Å². The van der Waals surface area contributed by atoms with E-state index in [1.807, 2.05) is 12.3 Å². The van der Waals surface area contributed by atoms with E-state index in [1.165, 1.54) is 24.7 Å². The molecule has 8 heteroatoms. The molecule has 0 aliphatic rings. The zero-order valence-electron chi connectivity index (χ0n) is 13.9. The molecule has 0 aliphatic carbocycles. The molecule has 1 aromatic heterocycles. The van der Waals surface area contributed by atoms with E-state index in [9.17, 15) is 9.59 Å². The Balaban J connectivity index is 1.96. The number of likely N-dealkylation sites (N-methyl/N-ethyl adjacent to an activating group) is 1. The fraction of sp³-hybridized carbons (Fsp3) is 0.235. The van der Waals surface area contributed by atoms with Gasteiger partial charge in [0.25, 0.3) is 11.8 Å². The number of nitrogens with zero attached hydrogens (tertiary/aromatic N) is 1. The van der Waals surface area contributed by atoms with Gasteiger partial charge in [-0.15, -0.1) is 11.3 Å². The number of thiophene rings is 1. The maximum atomic E-state index is 11.8. The Morgan fingerprint density at radius 1 is 1.28 bits per heavy atom. The highest BCUT2D eigenvalue weighted by Gasteiger charge is 2.08. The van der Waals surface area contributed by atoms with Crippen molar-refractivity contribution in [2.24, 2.45) is 5.10 Å². The first-order valence-electron chi connectivity index (χ1n) is 7.58. The Kier molecular flexibility index (Phi) is 6.97. The van der Waals surface area contributed by atoms with Gasteiger partial charge in [0.1, 0.15) is 0 Å². The van der Waals surface area contributed by atoms with Gasteiger partial charge in [-0.25, -0.2) is 5.43 Å². The molecule has 2 N–H and O–H groups in total. The second-order valence-electron chi connectivity index (χ2n) is 4.83. The van der Waals surface area contributed by atoms with E-state index in [4.69, 9.17) is 9.47 Å². The molecule has 132 valence electrons. The zero-order valence-corrected chi connectivity index (χ0v) is 14.8. The van der Waals surface area contributed by atoms with Gasteiger partial charge in [-0.1, -0.05) is 6.07 Å². The average molecular weight is 361 g/mol. The third kappa shape index (κ3) is 5.61. The topological polar surface area (TPSA) is 89.0 Å². The fourth-order valence-electron chi connectivity index (χ4n) is 1.90. The molecule has 0 fully saturated rings. The van der Waals surface area contributed by atoms with Gasteiger partial charge in [0, 0.05) is 6.54 Å². The van der Waals surface area contributed by atoms with Crippen LogP contribution in [0.5, 0.6) is 11.5 Å². The molecule has 0 aliphatic heterocycles. The lowest BCUT2D eigenvalue weighted by atomic mass is 10.2. The van der Waals surface area contributed by atoms with Gasteiger partial charge in [0.2, 0.25) is 0 Å². The van der Waals surface area contributed by atoms with Gasteiger partial charge in [0.05, 0.1) is 18.2 Å². The molecule has 0 bridgehead atoms. The minimum atomic E-state index is -0.264. The van der Waals surface area contributed by atoms with E-state index < -0.39 is 0 Å². The van der Waals surface area contributed by atoms with E-state index in [0.29, 0.717) is 28.5 Å². The van der Waals surface area contributed by atoms with Crippen LogP contribution in [-0.4, -0.2) is 38.3 Å². The van der Waals surface area contributed by atoms with Gasteiger partial charge in [-0.05, 0) is 42.1 Å². The summed E-state index contributed by atoms with van der Waals surface area (Å²) in [7, 11) is 1.51. The van der Waals surface area contributed by atoms with Crippen LogP contribution in [0.2, 0.25) is 0 Å². The van der Waals surface area contributed by atoms with E-state index in [-0.39, 0.29) is 18.4 Å². The summed E-state index contributed by atoms with van der Waals surface area (Å²) in [5.41, 5.74) is 3.17.